The molecule has 2 heterocycles. The van der Waals surface area contributed by atoms with E-state index in [2.05, 4.69) is 15.5 Å². The van der Waals surface area contributed by atoms with Crippen molar-refractivity contribution in [3.63, 3.8) is 0 Å². The molecule has 0 spiro atoms. The van der Waals surface area contributed by atoms with Crippen LogP contribution in [0.4, 0.5) is 5.69 Å². The standard InChI is InChI=1S/C20H21N5O3S2/c26-19(14-29-20-21-22-23-24(20)13-16-7-3-1-4-8-16)25(17-9-5-2-6-10-17)18-11-12-30(27,28)15-18/h1-10,18H,11-15H2/t18-/m1/s1. The maximum absolute atomic E-state index is 13.1. The number of carbonyl (C=O) groups excluding carboxylic acids is 1. The highest BCUT2D eigenvalue weighted by Gasteiger charge is 2.35. The Labute approximate surface area is 179 Å². The Morgan fingerprint density at radius 1 is 1.10 bits per heavy atom. The molecule has 4 rings (SSSR count). The van der Waals surface area contributed by atoms with E-state index in [0.717, 1.165) is 5.56 Å². The Bertz CT molecular complexity index is 1100. The molecule has 30 heavy (non-hydrogen) atoms. The van der Waals surface area contributed by atoms with E-state index < -0.39 is 9.84 Å². The number of aromatic nitrogens is 4. The number of sulfone groups is 1. The van der Waals surface area contributed by atoms with Crippen LogP contribution in [0.5, 0.6) is 0 Å². The van der Waals surface area contributed by atoms with Crippen LogP contribution in [0.1, 0.15) is 12.0 Å². The van der Waals surface area contributed by atoms with E-state index in [1.165, 1.54) is 11.8 Å². The van der Waals surface area contributed by atoms with Gasteiger partial charge in [0.25, 0.3) is 0 Å². The maximum Gasteiger partial charge on any atom is 0.237 e. The Hall–Kier alpha value is -2.72. The van der Waals surface area contributed by atoms with Gasteiger partial charge < -0.3 is 4.90 Å². The topological polar surface area (TPSA) is 98.1 Å². The molecule has 1 aliphatic rings. The van der Waals surface area contributed by atoms with Gasteiger partial charge in [0.2, 0.25) is 11.1 Å². The molecule has 0 bridgehead atoms. The van der Waals surface area contributed by atoms with E-state index in [-0.39, 0.29) is 29.2 Å². The van der Waals surface area contributed by atoms with Crippen LogP contribution in [-0.4, -0.2) is 57.8 Å². The molecule has 8 nitrogen and oxygen atoms in total. The second-order valence-corrected chi connectivity index (χ2v) is 10.2. The summed E-state index contributed by atoms with van der Waals surface area (Å²) in [7, 11) is -3.12. The van der Waals surface area contributed by atoms with Crippen molar-refractivity contribution >= 4 is 33.2 Å². The van der Waals surface area contributed by atoms with E-state index >= 15 is 0 Å². The molecular formula is C20H21N5O3S2. The quantitative estimate of drug-likeness (QED) is 0.515. The van der Waals surface area contributed by atoms with Crippen LogP contribution >= 0.6 is 11.8 Å². The van der Waals surface area contributed by atoms with Gasteiger partial charge in [0, 0.05) is 5.69 Å². The van der Waals surface area contributed by atoms with Crippen molar-refractivity contribution in [3.8, 4) is 0 Å². The summed E-state index contributed by atoms with van der Waals surface area (Å²) in [6, 6.07) is 18.7. The molecule has 0 saturated carbocycles. The fourth-order valence-corrected chi connectivity index (χ4v) is 5.91. The predicted molar refractivity (Wildman–Crippen MR) is 115 cm³/mol. The first kappa shape index (κ1) is 20.5. The summed E-state index contributed by atoms with van der Waals surface area (Å²) in [5.41, 5.74) is 1.76. The molecular weight excluding hydrogens is 422 g/mol. The first-order chi connectivity index (χ1) is 14.5. The second-order valence-electron chi connectivity index (χ2n) is 7.05. The first-order valence-corrected chi connectivity index (χ1v) is 12.3. The highest BCUT2D eigenvalue weighted by atomic mass is 32.2. The van der Waals surface area contributed by atoms with E-state index in [9.17, 15) is 13.2 Å². The van der Waals surface area contributed by atoms with Crippen LogP contribution in [0.15, 0.2) is 65.8 Å². The lowest BCUT2D eigenvalue weighted by Crippen LogP contribution is -2.42. The van der Waals surface area contributed by atoms with E-state index in [1.807, 2.05) is 60.7 Å². The molecule has 1 saturated heterocycles. The average Bonchev–Trinajstić information content (AvgIpc) is 3.34. The minimum absolute atomic E-state index is 0.00987. The third kappa shape index (κ3) is 4.88. The zero-order chi connectivity index (χ0) is 21.0. The highest BCUT2D eigenvalue weighted by molar-refractivity contribution is 7.99. The molecule has 0 aliphatic carbocycles. The molecule has 10 heteroatoms. The fraction of sp³-hybridized carbons (Fsp3) is 0.300. The number of carbonyl (C=O) groups is 1. The van der Waals surface area contributed by atoms with Gasteiger partial charge in [-0.15, -0.1) is 5.10 Å². The normalized spacial score (nSPS) is 17.7. The van der Waals surface area contributed by atoms with Crippen molar-refractivity contribution in [2.75, 3.05) is 22.2 Å². The molecule has 1 atom stereocenters. The number of hydrogen-bond donors (Lipinski definition) is 0. The maximum atomic E-state index is 13.1. The van der Waals surface area contributed by atoms with Gasteiger partial charge in [0.05, 0.1) is 29.8 Å². The number of tetrazole rings is 1. The number of hydrogen-bond acceptors (Lipinski definition) is 7. The average molecular weight is 444 g/mol. The van der Waals surface area contributed by atoms with E-state index in [1.54, 1.807) is 9.58 Å². The van der Waals surface area contributed by atoms with Crippen LogP contribution in [0, 0.1) is 0 Å². The Morgan fingerprint density at radius 2 is 1.80 bits per heavy atom. The molecule has 1 amide bonds. The molecule has 1 fully saturated rings. The van der Waals surface area contributed by atoms with Crippen molar-refractivity contribution in [1.82, 2.24) is 20.2 Å². The summed E-state index contributed by atoms with van der Waals surface area (Å²) in [6.45, 7) is 0.508. The lowest BCUT2D eigenvalue weighted by atomic mass is 10.2. The van der Waals surface area contributed by atoms with Crippen LogP contribution in [0.2, 0.25) is 0 Å². The van der Waals surface area contributed by atoms with Crippen molar-refractivity contribution in [1.29, 1.82) is 0 Å². The number of para-hydroxylation sites is 1. The summed E-state index contributed by atoms with van der Waals surface area (Å²) in [5, 5.41) is 12.3. The number of rotatable bonds is 7. The molecule has 1 aliphatic heterocycles. The van der Waals surface area contributed by atoms with Gasteiger partial charge in [0.15, 0.2) is 9.84 Å². The number of thioether (sulfide) groups is 1. The minimum Gasteiger partial charge on any atom is -0.308 e. The Balaban J connectivity index is 1.48. The van der Waals surface area contributed by atoms with Crippen molar-refractivity contribution in [3.05, 3.63) is 66.2 Å². The second kappa shape index (κ2) is 8.97. The smallest absolute Gasteiger partial charge is 0.237 e. The van der Waals surface area contributed by atoms with Crippen LogP contribution in [0.3, 0.4) is 0 Å². The summed E-state index contributed by atoms with van der Waals surface area (Å²) >= 11 is 1.25. The molecule has 3 aromatic rings. The van der Waals surface area contributed by atoms with Gasteiger partial charge in [-0.05, 0) is 34.5 Å². The third-order valence-electron chi connectivity index (χ3n) is 4.88. The molecule has 1 aromatic heterocycles. The van der Waals surface area contributed by atoms with Gasteiger partial charge in [-0.25, -0.2) is 13.1 Å². The Kier molecular flexibility index (Phi) is 6.14. The van der Waals surface area contributed by atoms with Gasteiger partial charge in [0.1, 0.15) is 0 Å². The number of anilines is 1. The van der Waals surface area contributed by atoms with Crippen molar-refractivity contribution in [2.45, 2.75) is 24.2 Å². The number of benzene rings is 2. The largest absolute Gasteiger partial charge is 0.308 e. The molecule has 2 aromatic carbocycles. The molecule has 0 unspecified atom stereocenters. The van der Waals surface area contributed by atoms with E-state index in [4.69, 9.17) is 0 Å². The van der Waals surface area contributed by atoms with Crippen molar-refractivity contribution < 1.29 is 13.2 Å². The summed E-state index contributed by atoms with van der Waals surface area (Å²) < 4.78 is 25.6. The lowest BCUT2D eigenvalue weighted by molar-refractivity contribution is -0.116. The molecule has 0 N–H and O–H groups in total. The molecule has 156 valence electrons. The summed E-state index contributed by atoms with van der Waals surface area (Å²) in [5.74, 6) is 0.0454. The Morgan fingerprint density at radius 3 is 2.47 bits per heavy atom. The molecule has 0 radical (unpaired) electrons. The summed E-state index contributed by atoms with van der Waals surface area (Å²) in [6.07, 6.45) is 0.444. The third-order valence-corrected chi connectivity index (χ3v) is 7.57. The van der Waals surface area contributed by atoms with Gasteiger partial charge >= 0.3 is 0 Å². The van der Waals surface area contributed by atoms with Gasteiger partial charge in [-0.2, -0.15) is 0 Å². The van der Waals surface area contributed by atoms with Gasteiger partial charge in [-0.1, -0.05) is 60.3 Å². The zero-order valence-electron chi connectivity index (χ0n) is 16.2. The summed E-state index contributed by atoms with van der Waals surface area (Å²) in [4.78, 5) is 14.8. The SMILES string of the molecule is O=C(CSc1nnnn1Cc1ccccc1)N(c1ccccc1)[C@@H]1CCS(=O)(=O)C1. The van der Waals surface area contributed by atoms with Crippen LogP contribution < -0.4 is 4.90 Å². The minimum atomic E-state index is -3.12. The highest BCUT2D eigenvalue weighted by Crippen LogP contribution is 2.26. The number of nitrogens with zero attached hydrogens (tertiary/aromatic N) is 5. The van der Waals surface area contributed by atoms with Crippen molar-refractivity contribution in [2.24, 2.45) is 0 Å². The predicted octanol–water partition coefficient (Wildman–Crippen LogP) is 2.03. The lowest BCUT2D eigenvalue weighted by Gasteiger charge is -2.28. The van der Waals surface area contributed by atoms with E-state index in [0.29, 0.717) is 23.8 Å². The van der Waals surface area contributed by atoms with Crippen LogP contribution in [0.25, 0.3) is 0 Å². The zero-order valence-corrected chi connectivity index (χ0v) is 17.8. The van der Waals surface area contributed by atoms with Gasteiger partial charge in [-0.3, -0.25) is 4.79 Å². The van der Waals surface area contributed by atoms with Crippen LogP contribution in [-0.2, 0) is 21.2 Å². The monoisotopic (exact) mass is 443 g/mol. The fourth-order valence-electron chi connectivity index (χ4n) is 3.48. The first-order valence-electron chi connectivity index (χ1n) is 9.52. The number of amides is 1.